The molecule has 0 saturated carbocycles. The van der Waals surface area contributed by atoms with Crippen LogP contribution in [-0.2, 0) is 9.53 Å². The number of carbonyl (C=O) groups excluding carboxylic acids is 1. The Balaban J connectivity index is 1.73. The lowest BCUT2D eigenvalue weighted by atomic mass is 9.97. The smallest absolute Gasteiger partial charge is 0.308 e. The third-order valence-corrected chi connectivity index (χ3v) is 4.23. The molecule has 1 aromatic carbocycles. The molecule has 0 spiro atoms. The van der Waals surface area contributed by atoms with E-state index in [1.807, 2.05) is 26.0 Å². The molecule has 5 nitrogen and oxygen atoms in total. The molecule has 1 N–H and O–H groups in total. The van der Waals surface area contributed by atoms with E-state index in [4.69, 9.17) is 9.47 Å². The Kier molecular flexibility index (Phi) is 6.42. The number of piperidine rings is 1. The van der Waals surface area contributed by atoms with E-state index in [0.717, 1.165) is 42.8 Å². The zero-order valence-corrected chi connectivity index (χ0v) is 14.2. The number of nitrogens with zero attached hydrogens (tertiary/aromatic N) is 1. The summed E-state index contributed by atoms with van der Waals surface area (Å²) in [5, 5.41) is 10.2. The van der Waals surface area contributed by atoms with Crippen LogP contribution in [0.2, 0.25) is 0 Å². The monoisotopic (exact) mass is 321 g/mol. The number of hydrogen-bond donors (Lipinski definition) is 1. The van der Waals surface area contributed by atoms with Crippen LogP contribution in [-0.4, -0.2) is 55.4 Å². The molecule has 23 heavy (non-hydrogen) atoms. The highest BCUT2D eigenvalue weighted by Gasteiger charge is 2.26. The quantitative estimate of drug-likeness (QED) is 0.811. The fourth-order valence-corrected chi connectivity index (χ4v) is 3.08. The van der Waals surface area contributed by atoms with E-state index in [1.54, 1.807) is 0 Å². The number of carbonyl (C=O) groups is 1. The van der Waals surface area contributed by atoms with Gasteiger partial charge >= 0.3 is 5.97 Å². The largest absolute Gasteiger partial charge is 0.491 e. The molecule has 0 amide bonds. The molecule has 0 aromatic heterocycles. The first kappa shape index (κ1) is 17.8. The molecule has 2 rings (SSSR count). The first-order valence-corrected chi connectivity index (χ1v) is 8.17. The van der Waals surface area contributed by atoms with Crippen molar-refractivity contribution < 1.29 is 19.4 Å². The summed E-state index contributed by atoms with van der Waals surface area (Å²) in [7, 11) is 1.43. The molecule has 128 valence electrons. The standard InChI is InChI=1S/C18H27NO4/c1-13-8-14(2)10-17(9-13)23-12-16(20)11-19-6-4-15(5-7-19)18(21)22-3/h8-10,15-16,20H,4-7,11-12H2,1-3H3. The highest BCUT2D eigenvalue weighted by Crippen LogP contribution is 2.19. The van der Waals surface area contributed by atoms with Crippen molar-refractivity contribution in [2.45, 2.75) is 32.8 Å². The normalized spacial score (nSPS) is 17.7. The van der Waals surface area contributed by atoms with Gasteiger partial charge < -0.3 is 19.5 Å². The summed E-state index contributed by atoms with van der Waals surface area (Å²) in [6.07, 6.45) is 1.04. The summed E-state index contributed by atoms with van der Waals surface area (Å²) in [6, 6.07) is 6.04. The predicted molar refractivity (Wildman–Crippen MR) is 88.6 cm³/mol. The number of ether oxygens (including phenoxy) is 2. The predicted octanol–water partition coefficient (Wildman–Crippen LogP) is 1.93. The molecule has 1 atom stereocenters. The Bertz CT molecular complexity index is 504. The maximum absolute atomic E-state index is 11.5. The number of aryl methyl sites for hydroxylation is 2. The van der Waals surface area contributed by atoms with Gasteiger partial charge in [-0.3, -0.25) is 4.79 Å². The van der Waals surface area contributed by atoms with Gasteiger partial charge in [0.2, 0.25) is 0 Å². The van der Waals surface area contributed by atoms with Crippen LogP contribution in [0.3, 0.4) is 0 Å². The summed E-state index contributed by atoms with van der Waals surface area (Å²) in [5.41, 5.74) is 2.30. The van der Waals surface area contributed by atoms with E-state index < -0.39 is 6.10 Å². The average Bonchev–Trinajstić information content (AvgIpc) is 2.52. The summed E-state index contributed by atoms with van der Waals surface area (Å²) in [5.74, 6) is 0.675. The average molecular weight is 321 g/mol. The molecule has 1 fully saturated rings. The van der Waals surface area contributed by atoms with Crippen molar-refractivity contribution in [1.29, 1.82) is 0 Å². The third kappa shape index (κ3) is 5.52. The lowest BCUT2D eigenvalue weighted by Gasteiger charge is -2.31. The fourth-order valence-electron chi connectivity index (χ4n) is 3.08. The van der Waals surface area contributed by atoms with E-state index in [1.165, 1.54) is 7.11 Å². The Hall–Kier alpha value is -1.59. The molecule has 5 heteroatoms. The van der Waals surface area contributed by atoms with Gasteiger partial charge in [0.05, 0.1) is 13.0 Å². The molecule has 0 aliphatic carbocycles. The number of aliphatic hydroxyl groups excluding tert-OH is 1. The van der Waals surface area contributed by atoms with E-state index in [-0.39, 0.29) is 18.5 Å². The second kappa shape index (κ2) is 8.31. The van der Waals surface area contributed by atoms with Crippen LogP contribution in [0.15, 0.2) is 18.2 Å². The molecule has 1 saturated heterocycles. The van der Waals surface area contributed by atoms with Gasteiger partial charge in [-0.15, -0.1) is 0 Å². The summed E-state index contributed by atoms with van der Waals surface area (Å²) in [6.45, 7) is 6.52. The highest BCUT2D eigenvalue weighted by molar-refractivity contribution is 5.72. The Morgan fingerprint density at radius 3 is 2.43 bits per heavy atom. The maximum atomic E-state index is 11.5. The van der Waals surface area contributed by atoms with Crippen LogP contribution in [0.5, 0.6) is 5.75 Å². The molecule has 1 aliphatic rings. The van der Waals surface area contributed by atoms with Crippen LogP contribution in [0, 0.1) is 19.8 Å². The van der Waals surface area contributed by atoms with E-state index in [9.17, 15) is 9.90 Å². The van der Waals surface area contributed by atoms with Crippen LogP contribution in [0.1, 0.15) is 24.0 Å². The van der Waals surface area contributed by atoms with Gasteiger partial charge in [-0.1, -0.05) is 6.07 Å². The van der Waals surface area contributed by atoms with Gasteiger partial charge in [0.25, 0.3) is 0 Å². The van der Waals surface area contributed by atoms with Crippen LogP contribution < -0.4 is 4.74 Å². The minimum absolute atomic E-state index is 0.0000815. The van der Waals surface area contributed by atoms with Gasteiger partial charge in [-0.05, 0) is 63.0 Å². The second-order valence-electron chi connectivity index (χ2n) is 6.39. The molecule has 1 unspecified atom stereocenters. The lowest BCUT2D eigenvalue weighted by molar-refractivity contribution is -0.147. The molecule has 1 aliphatic heterocycles. The Labute approximate surface area is 138 Å². The van der Waals surface area contributed by atoms with Crippen LogP contribution in [0.25, 0.3) is 0 Å². The minimum Gasteiger partial charge on any atom is -0.491 e. The van der Waals surface area contributed by atoms with Crippen LogP contribution >= 0.6 is 0 Å². The van der Waals surface area contributed by atoms with Crippen molar-refractivity contribution in [2.75, 3.05) is 33.4 Å². The zero-order chi connectivity index (χ0) is 16.8. The van der Waals surface area contributed by atoms with E-state index >= 15 is 0 Å². The minimum atomic E-state index is -0.537. The van der Waals surface area contributed by atoms with E-state index in [2.05, 4.69) is 11.0 Å². The second-order valence-corrected chi connectivity index (χ2v) is 6.39. The number of likely N-dealkylation sites (tertiary alicyclic amines) is 1. The molecule has 0 bridgehead atoms. The first-order valence-electron chi connectivity index (χ1n) is 8.17. The molecule has 1 heterocycles. The van der Waals surface area contributed by atoms with Crippen molar-refractivity contribution in [3.8, 4) is 5.75 Å². The zero-order valence-electron chi connectivity index (χ0n) is 14.2. The number of rotatable bonds is 6. The fraction of sp³-hybridized carbons (Fsp3) is 0.611. The topological polar surface area (TPSA) is 59.0 Å². The number of esters is 1. The van der Waals surface area contributed by atoms with Gasteiger partial charge in [0.1, 0.15) is 18.5 Å². The number of benzene rings is 1. The molecular weight excluding hydrogens is 294 g/mol. The molecule has 1 aromatic rings. The van der Waals surface area contributed by atoms with Gasteiger partial charge in [0, 0.05) is 6.54 Å². The SMILES string of the molecule is COC(=O)C1CCN(CC(O)COc2cc(C)cc(C)c2)CC1. The van der Waals surface area contributed by atoms with Crippen molar-refractivity contribution in [2.24, 2.45) is 5.92 Å². The van der Waals surface area contributed by atoms with Crippen LogP contribution in [0.4, 0.5) is 0 Å². The number of aliphatic hydroxyl groups is 1. The van der Waals surface area contributed by atoms with Crippen molar-refractivity contribution >= 4 is 5.97 Å². The summed E-state index contributed by atoms with van der Waals surface area (Å²) >= 11 is 0. The Morgan fingerprint density at radius 2 is 1.87 bits per heavy atom. The van der Waals surface area contributed by atoms with Gasteiger partial charge in [-0.2, -0.15) is 0 Å². The molecule has 0 radical (unpaired) electrons. The molecular formula is C18H27NO4. The van der Waals surface area contributed by atoms with Gasteiger partial charge in [0.15, 0.2) is 0 Å². The lowest BCUT2D eigenvalue weighted by Crippen LogP contribution is -2.42. The highest BCUT2D eigenvalue weighted by atomic mass is 16.5. The van der Waals surface area contributed by atoms with Crippen molar-refractivity contribution in [3.05, 3.63) is 29.3 Å². The third-order valence-electron chi connectivity index (χ3n) is 4.23. The first-order chi connectivity index (χ1) is 11.0. The van der Waals surface area contributed by atoms with Crippen molar-refractivity contribution in [3.63, 3.8) is 0 Å². The maximum Gasteiger partial charge on any atom is 0.308 e. The number of hydrogen-bond acceptors (Lipinski definition) is 5. The number of methoxy groups -OCH3 is 1. The summed E-state index contributed by atoms with van der Waals surface area (Å²) < 4.78 is 10.5. The summed E-state index contributed by atoms with van der Waals surface area (Å²) in [4.78, 5) is 13.7. The Morgan fingerprint density at radius 1 is 1.26 bits per heavy atom. The van der Waals surface area contributed by atoms with Gasteiger partial charge in [-0.25, -0.2) is 0 Å². The van der Waals surface area contributed by atoms with Crippen molar-refractivity contribution in [1.82, 2.24) is 4.90 Å². The van der Waals surface area contributed by atoms with E-state index in [0.29, 0.717) is 6.54 Å². The number of β-amino-alcohol motifs (C(OH)–C–C–N with tert-alkyl or cyclic N) is 1.